The summed E-state index contributed by atoms with van der Waals surface area (Å²) in [6.45, 7) is 0.224. The molecule has 1 amide bonds. The second kappa shape index (κ2) is 7.45. The molecule has 1 aromatic rings. The van der Waals surface area contributed by atoms with Gasteiger partial charge in [0.15, 0.2) is 9.84 Å². The molecule has 23 heavy (non-hydrogen) atoms. The molecule has 1 saturated carbocycles. The number of benzene rings is 1. The summed E-state index contributed by atoms with van der Waals surface area (Å²) in [6, 6.07) is 9.39. The van der Waals surface area contributed by atoms with Gasteiger partial charge in [0.25, 0.3) is 0 Å². The topological polar surface area (TPSA) is 57.7 Å². The number of amides is 1. The molecule has 0 aliphatic heterocycles. The minimum absolute atomic E-state index is 0.0310. The van der Waals surface area contributed by atoms with Gasteiger partial charge in [0.05, 0.1) is 11.8 Å². The molecule has 0 heterocycles. The predicted octanol–water partition coefficient (Wildman–Crippen LogP) is 1.94. The van der Waals surface area contributed by atoms with E-state index in [0.29, 0.717) is 6.42 Å². The summed E-state index contributed by atoms with van der Waals surface area (Å²) in [6.07, 6.45) is 4.79. The highest BCUT2D eigenvalue weighted by Gasteiger charge is 2.35. The molecule has 2 atom stereocenters. The normalized spacial score (nSPS) is 22.1. The van der Waals surface area contributed by atoms with Crippen molar-refractivity contribution in [1.82, 2.24) is 4.90 Å². The van der Waals surface area contributed by atoms with Crippen molar-refractivity contribution in [3.05, 3.63) is 30.3 Å². The van der Waals surface area contributed by atoms with E-state index in [1.165, 1.54) is 6.26 Å². The maximum atomic E-state index is 12.5. The van der Waals surface area contributed by atoms with Crippen LogP contribution in [0.2, 0.25) is 0 Å². The summed E-state index contributed by atoms with van der Waals surface area (Å²) >= 11 is 0. The van der Waals surface area contributed by atoms with Crippen molar-refractivity contribution in [1.29, 1.82) is 0 Å². The molecule has 0 radical (unpaired) electrons. The molecule has 1 fully saturated rings. The van der Waals surface area contributed by atoms with Crippen molar-refractivity contribution in [3.8, 4) is 0 Å². The average Bonchev–Trinajstić information content (AvgIpc) is 2.54. The fraction of sp³-hybridized carbons (Fsp3) is 0.588. The SMILES string of the molecule is CN(C(=O)CN(C)[C@H]1CCCC[C@@H]1S(C)(=O)=O)c1ccccc1. The van der Waals surface area contributed by atoms with Gasteiger partial charge in [-0.1, -0.05) is 31.0 Å². The molecular weight excluding hydrogens is 312 g/mol. The number of anilines is 1. The van der Waals surface area contributed by atoms with Crippen molar-refractivity contribution >= 4 is 21.4 Å². The van der Waals surface area contributed by atoms with Crippen LogP contribution in [-0.4, -0.2) is 57.4 Å². The molecule has 0 unspecified atom stereocenters. The molecular formula is C17H26N2O3S. The van der Waals surface area contributed by atoms with Gasteiger partial charge in [0.2, 0.25) is 5.91 Å². The Labute approximate surface area is 139 Å². The first-order valence-corrected chi connectivity index (χ1v) is 9.97. The van der Waals surface area contributed by atoms with E-state index in [4.69, 9.17) is 0 Å². The first-order chi connectivity index (χ1) is 10.8. The number of sulfone groups is 1. The number of carbonyl (C=O) groups is 1. The molecule has 5 nitrogen and oxygen atoms in total. The Morgan fingerprint density at radius 1 is 1.13 bits per heavy atom. The fourth-order valence-electron chi connectivity index (χ4n) is 3.31. The second-order valence-electron chi connectivity index (χ2n) is 6.42. The Balaban J connectivity index is 2.05. The molecule has 0 spiro atoms. The number of hydrogen-bond acceptors (Lipinski definition) is 4. The first kappa shape index (κ1) is 17.9. The summed E-state index contributed by atoms with van der Waals surface area (Å²) < 4.78 is 24.0. The lowest BCUT2D eigenvalue weighted by Crippen LogP contribution is -2.50. The number of nitrogens with zero attached hydrogens (tertiary/aromatic N) is 2. The highest BCUT2D eigenvalue weighted by Crippen LogP contribution is 2.27. The van der Waals surface area contributed by atoms with Crippen molar-refractivity contribution in [3.63, 3.8) is 0 Å². The van der Waals surface area contributed by atoms with Gasteiger partial charge < -0.3 is 4.90 Å². The van der Waals surface area contributed by atoms with E-state index in [1.54, 1.807) is 11.9 Å². The quantitative estimate of drug-likeness (QED) is 0.823. The van der Waals surface area contributed by atoms with Gasteiger partial charge in [0, 0.05) is 25.0 Å². The predicted molar refractivity (Wildman–Crippen MR) is 93.4 cm³/mol. The van der Waals surface area contributed by atoms with E-state index < -0.39 is 9.84 Å². The summed E-state index contributed by atoms with van der Waals surface area (Å²) in [5, 5.41) is -0.365. The standard InChI is InChI=1S/C17H26N2O3S/c1-18(15-11-7-8-12-16(15)23(3,21)22)13-17(20)19(2)14-9-5-4-6-10-14/h4-6,9-10,15-16H,7-8,11-13H2,1-3H3/t15-,16-/m0/s1. The number of para-hydroxylation sites is 1. The van der Waals surface area contributed by atoms with E-state index in [1.807, 2.05) is 42.3 Å². The Hall–Kier alpha value is -1.40. The molecule has 2 rings (SSSR count). The van der Waals surface area contributed by atoms with Crippen LogP contribution in [-0.2, 0) is 14.6 Å². The maximum absolute atomic E-state index is 12.5. The highest BCUT2D eigenvalue weighted by atomic mass is 32.2. The molecule has 0 N–H and O–H groups in total. The molecule has 0 saturated heterocycles. The Bertz CT molecular complexity index is 630. The van der Waals surface area contributed by atoms with E-state index in [0.717, 1.165) is 24.9 Å². The Morgan fingerprint density at radius 2 is 1.74 bits per heavy atom. The third-order valence-electron chi connectivity index (χ3n) is 4.69. The first-order valence-electron chi connectivity index (χ1n) is 8.01. The fourth-order valence-corrected chi connectivity index (χ4v) is 4.82. The largest absolute Gasteiger partial charge is 0.314 e. The van der Waals surface area contributed by atoms with Crippen LogP contribution in [0.1, 0.15) is 25.7 Å². The highest BCUT2D eigenvalue weighted by molar-refractivity contribution is 7.91. The zero-order valence-electron chi connectivity index (χ0n) is 14.1. The smallest absolute Gasteiger partial charge is 0.240 e. The third kappa shape index (κ3) is 4.54. The van der Waals surface area contributed by atoms with E-state index >= 15 is 0 Å². The average molecular weight is 338 g/mol. The van der Waals surface area contributed by atoms with E-state index in [-0.39, 0.29) is 23.7 Å². The summed E-state index contributed by atoms with van der Waals surface area (Å²) in [5.41, 5.74) is 0.842. The van der Waals surface area contributed by atoms with Crippen molar-refractivity contribution < 1.29 is 13.2 Å². The minimum Gasteiger partial charge on any atom is -0.314 e. The lowest BCUT2D eigenvalue weighted by molar-refractivity contribution is -0.119. The van der Waals surface area contributed by atoms with Gasteiger partial charge in [-0.3, -0.25) is 9.69 Å². The zero-order chi connectivity index (χ0) is 17.0. The molecule has 6 heteroatoms. The molecule has 1 aliphatic rings. The summed E-state index contributed by atoms with van der Waals surface area (Å²) in [4.78, 5) is 16.0. The van der Waals surface area contributed by atoms with Crippen LogP contribution in [0, 0.1) is 0 Å². The molecule has 128 valence electrons. The van der Waals surface area contributed by atoms with Crippen LogP contribution in [0.25, 0.3) is 0 Å². The van der Waals surface area contributed by atoms with Gasteiger partial charge in [-0.05, 0) is 32.0 Å². The second-order valence-corrected chi connectivity index (χ2v) is 8.69. The minimum atomic E-state index is -3.09. The Kier molecular flexibility index (Phi) is 5.81. The molecule has 0 bridgehead atoms. The molecule has 0 aromatic heterocycles. The lowest BCUT2D eigenvalue weighted by atomic mass is 9.94. The van der Waals surface area contributed by atoms with Crippen LogP contribution in [0.5, 0.6) is 0 Å². The van der Waals surface area contributed by atoms with Crippen LogP contribution >= 0.6 is 0 Å². The molecule has 1 aromatic carbocycles. The van der Waals surface area contributed by atoms with Gasteiger partial charge in [-0.15, -0.1) is 0 Å². The number of hydrogen-bond donors (Lipinski definition) is 0. The number of likely N-dealkylation sites (N-methyl/N-ethyl adjacent to an activating group) is 2. The molecule has 1 aliphatic carbocycles. The lowest BCUT2D eigenvalue weighted by Gasteiger charge is -2.37. The maximum Gasteiger partial charge on any atom is 0.240 e. The van der Waals surface area contributed by atoms with Crippen LogP contribution in [0.4, 0.5) is 5.69 Å². The van der Waals surface area contributed by atoms with Crippen molar-refractivity contribution in [2.24, 2.45) is 0 Å². The zero-order valence-corrected chi connectivity index (χ0v) is 14.9. The third-order valence-corrected chi connectivity index (χ3v) is 6.34. The van der Waals surface area contributed by atoms with Crippen LogP contribution < -0.4 is 4.90 Å². The van der Waals surface area contributed by atoms with E-state index in [2.05, 4.69) is 0 Å². The van der Waals surface area contributed by atoms with Crippen LogP contribution in [0.15, 0.2) is 30.3 Å². The number of carbonyl (C=O) groups excluding carboxylic acids is 1. The summed E-state index contributed by atoms with van der Waals surface area (Å²) in [5.74, 6) is -0.0310. The van der Waals surface area contributed by atoms with Gasteiger partial charge in [-0.25, -0.2) is 8.42 Å². The van der Waals surface area contributed by atoms with Gasteiger partial charge >= 0.3 is 0 Å². The van der Waals surface area contributed by atoms with Gasteiger partial charge in [-0.2, -0.15) is 0 Å². The summed E-state index contributed by atoms with van der Waals surface area (Å²) in [7, 11) is 0.508. The van der Waals surface area contributed by atoms with Gasteiger partial charge in [0.1, 0.15) is 0 Å². The van der Waals surface area contributed by atoms with E-state index in [9.17, 15) is 13.2 Å². The van der Waals surface area contributed by atoms with Crippen molar-refractivity contribution in [2.45, 2.75) is 37.0 Å². The Morgan fingerprint density at radius 3 is 2.35 bits per heavy atom. The number of rotatable bonds is 5. The van der Waals surface area contributed by atoms with Crippen LogP contribution in [0.3, 0.4) is 0 Å². The van der Waals surface area contributed by atoms with Crippen molar-refractivity contribution in [2.75, 3.05) is 31.8 Å². The monoisotopic (exact) mass is 338 g/mol.